The van der Waals surface area contributed by atoms with Crippen LogP contribution >= 0.6 is 11.3 Å². The van der Waals surface area contributed by atoms with Gasteiger partial charge in [0, 0.05) is 17.3 Å². The van der Waals surface area contributed by atoms with Crippen LogP contribution in [0.2, 0.25) is 0 Å². The maximum Gasteiger partial charge on any atom is 0.315 e. The molecule has 0 radical (unpaired) electrons. The van der Waals surface area contributed by atoms with Crippen LogP contribution in [0.4, 0.5) is 4.79 Å². The van der Waals surface area contributed by atoms with Crippen molar-refractivity contribution in [2.75, 3.05) is 14.2 Å². The average molecular weight is 385 g/mol. The maximum atomic E-state index is 12.2. The number of rotatable bonds is 7. The van der Waals surface area contributed by atoms with Crippen molar-refractivity contribution in [1.82, 2.24) is 10.6 Å². The van der Waals surface area contributed by atoms with Crippen molar-refractivity contribution >= 4 is 27.5 Å². The summed E-state index contributed by atoms with van der Waals surface area (Å²) in [7, 11) is 3.19. The van der Waals surface area contributed by atoms with Crippen molar-refractivity contribution in [3.63, 3.8) is 0 Å². The van der Waals surface area contributed by atoms with Crippen LogP contribution < -0.4 is 20.1 Å². The molecule has 0 aliphatic carbocycles. The van der Waals surface area contributed by atoms with Gasteiger partial charge in [-0.2, -0.15) is 0 Å². The van der Waals surface area contributed by atoms with Crippen LogP contribution in [-0.2, 0) is 13.0 Å². The molecule has 6 heteroatoms. The monoisotopic (exact) mass is 384 g/mol. The van der Waals surface area contributed by atoms with E-state index in [-0.39, 0.29) is 12.1 Å². The third kappa shape index (κ3) is 4.71. The molecule has 0 aliphatic heterocycles. The van der Waals surface area contributed by atoms with Gasteiger partial charge in [0.1, 0.15) is 0 Å². The molecule has 0 aliphatic rings. The summed E-state index contributed by atoms with van der Waals surface area (Å²) in [6.45, 7) is 2.43. The second-order valence-electron chi connectivity index (χ2n) is 6.38. The van der Waals surface area contributed by atoms with Crippen molar-refractivity contribution in [3.05, 3.63) is 59.0 Å². The summed E-state index contributed by atoms with van der Waals surface area (Å²) >= 11 is 1.74. The number of amides is 2. The number of benzene rings is 2. The summed E-state index contributed by atoms with van der Waals surface area (Å²) in [5.41, 5.74) is 2.21. The second-order valence-corrected chi connectivity index (χ2v) is 7.29. The van der Waals surface area contributed by atoms with E-state index < -0.39 is 0 Å². The molecule has 2 amide bonds. The molecule has 142 valence electrons. The Morgan fingerprint density at radius 2 is 1.89 bits per heavy atom. The molecule has 3 rings (SSSR count). The van der Waals surface area contributed by atoms with Gasteiger partial charge in [0.25, 0.3) is 0 Å². The number of fused-ring (bicyclic) bond motifs is 1. The molecule has 0 bridgehead atoms. The summed E-state index contributed by atoms with van der Waals surface area (Å²) in [4.78, 5) is 12.2. The molecule has 5 nitrogen and oxygen atoms in total. The minimum Gasteiger partial charge on any atom is -0.493 e. The van der Waals surface area contributed by atoms with E-state index in [4.69, 9.17) is 9.47 Å². The Morgan fingerprint density at radius 3 is 2.67 bits per heavy atom. The highest BCUT2D eigenvalue weighted by molar-refractivity contribution is 7.17. The van der Waals surface area contributed by atoms with Gasteiger partial charge in [-0.05, 0) is 53.4 Å². The van der Waals surface area contributed by atoms with Crippen LogP contribution in [0.1, 0.15) is 18.1 Å². The minimum atomic E-state index is -0.183. The van der Waals surface area contributed by atoms with E-state index in [1.165, 1.54) is 15.6 Å². The fourth-order valence-corrected chi connectivity index (χ4v) is 4.00. The van der Waals surface area contributed by atoms with Gasteiger partial charge in [-0.15, -0.1) is 11.3 Å². The van der Waals surface area contributed by atoms with Gasteiger partial charge in [-0.25, -0.2) is 4.79 Å². The summed E-state index contributed by atoms with van der Waals surface area (Å²) in [6.07, 6.45) is 0.799. The van der Waals surface area contributed by atoms with Gasteiger partial charge in [-0.3, -0.25) is 0 Å². The zero-order chi connectivity index (χ0) is 19.2. The Labute approximate surface area is 163 Å². The van der Waals surface area contributed by atoms with Gasteiger partial charge in [0.2, 0.25) is 0 Å². The van der Waals surface area contributed by atoms with E-state index in [9.17, 15) is 4.79 Å². The Hall–Kier alpha value is -2.73. The van der Waals surface area contributed by atoms with Crippen LogP contribution in [0.5, 0.6) is 11.5 Å². The number of ether oxygens (including phenoxy) is 2. The zero-order valence-corrected chi connectivity index (χ0v) is 16.6. The number of thiophene rings is 1. The molecular formula is C21H24N2O3S. The van der Waals surface area contributed by atoms with Crippen molar-refractivity contribution < 1.29 is 14.3 Å². The van der Waals surface area contributed by atoms with E-state index in [1.54, 1.807) is 25.6 Å². The number of hydrogen-bond donors (Lipinski definition) is 2. The highest BCUT2D eigenvalue weighted by Crippen LogP contribution is 2.28. The molecule has 3 aromatic rings. The first-order valence-corrected chi connectivity index (χ1v) is 9.69. The standard InChI is InChI=1S/C21H24N2O3S/c1-14(10-16-13-27-20-7-5-4-6-17(16)20)23-21(24)22-12-15-8-9-18(25-2)19(11-15)26-3/h4-9,11,13-14H,10,12H2,1-3H3,(H2,22,23,24)/t14-/m0/s1. The number of hydrogen-bond acceptors (Lipinski definition) is 4. The lowest BCUT2D eigenvalue weighted by molar-refractivity contribution is 0.237. The van der Waals surface area contributed by atoms with Crippen molar-refractivity contribution in [3.8, 4) is 11.5 Å². The Balaban J connectivity index is 1.53. The molecule has 1 atom stereocenters. The second kappa shape index (κ2) is 8.77. The van der Waals surface area contributed by atoms with Gasteiger partial charge >= 0.3 is 6.03 Å². The number of methoxy groups -OCH3 is 2. The first-order chi connectivity index (χ1) is 13.1. The van der Waals surface area contributed by atoms with Crippen LogP contribution in [-0.4, -0.2) is 26.3 Å². The fourth-order valence-electron chi connectivity index (χ4n) is 3.02. The van der Waals surface area contributed by atoms with Gasteiger partial charge in [0.15, 0.2) is 11.5 Å². The predicted molar refractivity (Wildman–Crippen MR) is 110 cm³/mol. The maximum absolute atomic E-state index is 12.2. The topological polar surface area (TPSA) is 59.6 Å². The van der Waals surface area contributed by atoms with E-state index in [0.717, 1.165) is 12.0 Å². The van der Waals surface area contributed by atoms with E-state index >= 15 is 0 Å². The van der Waals surface area contributed by atoms with Gasteiger partial charge in [0.05, 0.1) is 14.2 Å². The summed E-state index contributed by atoms with van der Waals surface area (Å²) < 4.78 is 11.8. The molecule has 0 fully saturated rings. The van der Waals surface area contributed by atoms with Crippen LogP contribution in [0.15, 0.2) is 47.8 Å². The summed E-state index contributed by atoms with van der Waals surface area (Å²) in [5, 5.41) is 9.33. The third-order valence-electron chi connectivity index (χ3n) is 4.37. The quantitative estimate of drug-likeness (QED) is 0.637. The molecule has 0 saturated carbocycles. The predicted octanol–water partition coefficient (Wildman–Crippen LogP) is 4.35. The largest absolute Gasteiger partial charge is 0.493 e. The zero-order valence-electron chi connectivity index (χ0n) is 15.7. The van der Waals surface area contributed by atoms with Crippen LogP contribution in [0, 0.1) is 0 Å². The fraction of sp³-hybridized carbons (Fsp3) is 0.286. The molecular weight excluding hydrogens is 360 g/mol. The molecule has 1 aromatic heterocycles. The van der Waals surface area contributed by atoms with E-state index in [1.807, 2.05) is 37.3 Å². The van der Waals surface area contributed by atoms with E-state index in [2.05, 4.69) is 28.1 Å². The van der Waals surface area contributed by atoms with Crippen molar-refractivity contribution in [1.29, 1.82) is 0 Å². The van der Waals surface area contributed by atoms with Crippen LogP contribution in [0.3, 0.4) is 0 Å². The first-order valence-electron chi connectivity index (χ1n) is 8.81. The highest BCUT2D eigenvalue weighted by Gasteiger charge is 2.11. The van der Waals surface area contributed by atoms with Crippen molar-refractivity contribution in [2.45, 2.75) is 25.9 Å². The Morgan fingerprint density at radius 1 is 1.11 bits per heavy atom. The lowest BCUT2D eigenvalue weighted by Gasteiger charge is -2.15. The summed E-state index contributed by atoms with van der Waals surface area (Å²) in [5.74, 6) is 1.32. The SMILES string of the molecule is COc1ccc(CNC(=O)N[C@@H](C)Cc2csc3ccccc23)cc1OC. The number of carbonyl (C=O) groups is 1. The normalized spacial score (nSPS) is 11.8. The third-order valence-corrected chi connectivity index (χ3v) is 5.38. The molecule has 0 saturated heterocycles. The number of nitrogens with one attached hydrogen (secondary N) is 2. The molecule has 2 N–H and O–H groups in total. The lowest BCUT2D eigenvalue weighted by Crippen LogP contribution is -2.41. The first kappa shape index (κ1) is 19.0. The highest BCUT2D eigenvalue weighted by atomic mass is 32.1. The number of carbonyl (C=O) groups excluding carboxylic acids is 1. The Kier molecular flexibility index (Phi) is 6.19. The summed E-state index contributed by atoms with van der Waals surface area (Å²) in [6, 6.07) is 13.8. The molecule has 0 spiro atoms. The van der Waals surface area contributed by atoms with Crippen molar-refractivity contribution in [2.24, 2.45) is 0 Å². The van der Waals surface area contributed by atoms with E-state index in [0.29, 0.717) is 18.0 Å². The molecule has 27 heavy (non-hydrogen) atoms. The van der Waals surface area contributed by atoms with Crippen LogP contribution in [0.25, 0.3) is 10.1 Å². The Bertz CT molecular complexity index is 923. The lowest BCUT2D eigenvalue weighted by atomic mass is 10.1. The van der Waals surface area contributed by atoms with Gasteiger partial charge < -0.3 is 20.1 Å². The minimum absolute atomic E-state index is 0.0356. The number of urea groups is 1. The molecule has 1 heterocycles. The average Bonchev–Trinajstić information content (AvgIpc) is 3.09. The molecule has 2 aromatic carbocycles. The molecule has 0 unspecified atom stereocenters. The van der Waals surface area contributed by atoms with Gasteiger partial charge in [-0.1, -0.05) is 24.3 Å². The smallest absolute Gasteiger partial charge is 0.315 e.